The average molecular weight is 453 g/mol. The molecule has 30 heavy (non-hydrogen) atoms. The summed E-state index contributed by atoms with van der Waals surface area (Å²) in [5, 5.41) is 3.20. The van der Waals surface area contributed by atoms with Gasteiger partial charge in [-0.15, -0.1) is 0 Å². The van der Waals surface area contributed by atoms with Gasteiger partial charge in [-0.2, -0.15) is 0 Å². The molecule has 0 bridgehead atoms. The van der Waals surface area contributed by atoms with Gasteiger partial charge in [0, 0.05) is 18.2 Å². The minimum Gasteiger partial charge on any atom is -0.492 e. The molecule has 7 nitrogen and oxygen atoms in total. The second kappa shape index (κ2) is 10.1. The van der Waals surface area contributed by atoms with E-state index in [-0.39, 0.29) is 17.5 Å². The lowest BCUT2D eigenvalue weighted by atomic mass is 10.2. The Hall–Kier alpha value is -2.29. The summed E-state index contributed by atoms with van der Waals surface area (Å²) < 4.78 is 39.0. The summed E-state index contributed by atoms with van der Waals surface area (Å²) in [6.07, 6.45) is 1.80. The molecular weight excluding hydrogens is 428 g/mol. The maximum Gasteiger partial charge on any atom is 0.264 e. The standard InChI is InChI=1S/C21H25ClN2O5S/c1-2-28-20-8-4-3-7-19(20)24(15-21(25)23-14-17-6-5-13-29-17)30(26,27)18-11-9-16(22)10-12-18/h3-4,7-12,17H,2,5-6,13-15H2,1H3,(H,23,25)/t17-/m0/s1. The van der Waals surface area contributed by atoms with Gasteiger partial charge >= 0.3 is 0 Å². The van der Waals surface area contributed by atoms with Gasteiger partial charge in [-0.1, -0.05) is 23.7 Å². The van der Waals surface area contributed by atoms with Gasteiger partial charge in [0.25, 0.3) is 10.0 Å². The molecule has 1 aliphatic heterocycles. The van der Waals surface area contributed by atoms with Gasteiger partial charge in [-0.05, 0) is 56.2 Å². The van der Waals surface area contributed by atoms with Crippen LogP contribution in [0.3, 0.4) is 0 Å². The molecule has 1 saturated heterocycles. The smallest absolute Gasteiger partial charge is 0.264 e. The largest absolute Gasteiger partial charge is 0.492 e. The number of para-hydroxylation sites is 2. The summed E-state index contributed by atoms with van der Waals surface area (Å²) in [4.78, 5) is 12.7. The minimum absolute atomic E-state index is 0.0325. The SMILES string of the molecule is CCOc1ccccc1N(CC(=O)NC[C@@H]1CCCO1)S(=O)(=O)c1ccc(Cl)cc1. The van der Waals surface area contributed by atoms with Crippen molar-refractivity contribution in [1.82, 2.24) is 5.32 Å². The van der Waals surface area contributed by atoms with Crippen molar-refractivity contribution in [2.24, 2.45) is 0 Å². The van der Waals surface area contributed by atoms with E-state index in [4.69, 9.17) is 21.1 Å². The number of anilines is 1. The highest BCUT2D eigenvalue weighted by atomic mass is 35.5. The highest BCUT2D eigenvalue weighted by Gasteiger charge is 2.29. The van der Waals surface area contributed by atoms with Crippen molar-refractivity contribution in [3.05, 3.63) is 53.6 Å². The minimum atomic E-state index is -4.04. The Kier molecular flexibility index (Phi) is 7.58. The number of rotatable bonds is 9. The first-order chi connectivity index (χ1) is 14.4. The molecule has 1 fully saturated rings. The van der Waals surface area contributed by atoms with Crippen LogP contribution in [0.5, 0.6) is 5.75 Å². The van der Waals surface area contributed by atoms with Crippen molar-refractivity contribution in [2.75, 3.05) is 30.6 Å². The first-order valence-electron chi connectivity index (χ1n) is 9.80. The molecule has 0 aromatic heterocycles. The van der Waals surface area contributed by atoms with Crippen LogP contribution in [0.15, 0.2) is 53.4 Å². The number of hydrogen-bond donors (Lipinski definition) is 1. The molecule has 1 heterocycles. The van der Waals surface area contributed by atoms with E-state index >= 15 is 0 Å². The van der Waals surface area contributed by atoms with Gasteiger partial charge in [0.2, 0.25) is 5.91 Å². The van der Waals surface area contributed by atoms with Crippen molar-refractivity contribution < 1.29 is 22.7 Å². The Morgan fingerprint density at radius 2 is 1.97 bits per heavy atom. The van der Waals surface area contributed by atoms with E-state index in [0.717, 1.165) is 17.1 Å². The van der Waals surface area contributed by atoms with Crippen LogP contribution < -0.4 is 14.4 Å². The summed E-state index contributed by atoms with van der Waals surface area (Å²) in [5.41, 5.74) is 0.293. The normalized spacial score (nSPS) is 16.3. The number of halogens is 1. The molecule has 0 radical (unpaired) electrons. The Morgan fingerprint density at radius 1 is 1.23 bits per heavy atom. The first kappa shape index (κ1) is 22.4. The molecule has 0 spiro atoms. The molecule has 0 aliphatic carbocycles. The Morgan fingerprint density at radius 3 is 2.63 bits per heavy atom. The fourth-order valence-corrected chi connectivity index (χ4v) is 4.75. The molecule has 162 valence electrons. The molecule has 2 aromatic carbocycles. The lowest BCUT2D eigenvalue weighted by molar-refractivity contribution is -0.120. The maximum absolute atomic E-state index is 13.4. The molecule has 3 rings (SSSR count). The van der Waals surface area contributed by atoms with E-state index < -0.39 is 15.9 Å². The maximum atomic E-state index is 13.4. The molecule has 1 atom stereocenters. The molecule has 9 heteroatoms. The van der Waals surface area contributed by atoms with Crippen molar-refractivity contribution >= 4 is 33.2 Å². The fraction of sp³-hybridized carbons (Fsp3) is 0.381. The Labute approximate surface area is 182 Å². The number of nitrogens with zero attached hydrogens (tertiary/aromatic N) is 1. The Balaban J connectivity index is 1.90. The lowest BCUT2D eigenvalue weighted by Crippen LogP contribution is -2.43. The first-order valence-corrected chi connectivity index (χ1v) is 11.6. The summed E-state index contributed by atoms with van der Waals surface area (Å²) in [6, 6.07) is 12.6. The van der Waals surface area contributed by atoms with Crippen molar-refractivity contribution in [1.29, 1.82) is 0 Å². The van der Waals surface area contributed by atoms with Gasteiger partial charge < -0.3 is 14.8 Å². The second-order valence-corrected chi connectivity index (χ2v) is 9.10. The van der Waals surface area contributed by atoms with E-state index in [0.29, 0.717) is 36.2 Å². The number of sulfonamides is 1. The van der Waals surface area contributed by atoms with E-state index in [1.165, 1.54) is 24.3 Å². The number of hydrogen-bond acceptors (Lipinski definition) is 5. The zero-order valence-electron chi connectivity index (χ0n) is 16.7. The zero-order valence-corrected chi connectivity index (χ0v) is 18.3. The van der Waals surface area contributed by atoms with E-state index in [9.17, 15) is 13.2 Å². The number of amides is 1. The number of nitrogens with one attached hydrogen (secondary N) is 1. The third-order valence-electron chi connectivity index (χ3n) is 4.67. The van der Waals surface area contributed by atoms with Gasteiger partial charge in [-0.25, -0.2) is 8.42 Å². The van der Waals surface area contributed by atoms with Crippen molar-refractivity contribution in [2.45, 2.75) is 30.8 Å². The zero-order chi connectivity index (χ0) is 21.6. The number of carbonyl (C=O) groups is 1. The van der Waals surface area contributed by atoms with Crippen LogP contribution in [0.4, 0.5) is 5.69 Å². The van der Waals surface area contributed by atoms with Crippen LogP contribution in [-0.2, 0) is 19.6 Å². The molecular formula is C21H25ClN2O5S. The predicted molar refractivity (Wildman–Crippen MR) is 116 cm³/mol. The highest BCUT2D eigenvalue weighted by molar-refractivity contribution is 7.92. The molecule has 1 aliphatic rings. The van der Waals surface area contributed by atoms with Crippen LogP contribution in [0.2, 0.25) is 5.02 Å². The topological polar surface area (TPSA) is 84.9 Å². The summed E-state index contributed by atoms with van der Waals surface area (Å²) >= 11 is 5.91. The van der Waals surface area contributed by atoms with Crippen LogP contribution in [0.25, 0.3) is 0 Å². The Bertz CT molecular complexity index is 960. The number of ether oxygens (including phenoxy) is 2. The lowest BCUT2D eigenvalue weighted by Gasteiger charge is -2.26. The molecule has 0 saturated carbocycles. The third kappa shape index (κ3) is 5.44. The number of carbonyl (C=O) groups excluding carboxylic acids is 1. The molecule has 1 amide bonds. The quantitative estimate of drug-likeness (QED) is 0.631. The fourth-order valence-electron chi connectivity index (χ4n) is 3.19. The van der Waals surface area contributed by atoms with Gasteiger partial charge in [0.1, 0.15) is 12.3 Å². The van der Waals surface area contributed by atoms with E-state index in [1.54, 1.807) is 24.3 Å². The molecule has 2 aromatic rings. The summed E-state index contributed by atoms with van der Waals surface area (Å²) in [6.45, 7) is 2.81. The van der Waals surface area contributed by atoms with Gasteiger partial charge in [0.05, 0.1) is 23.3 Å². The molecule has 0 unspecified atom stereocenters. The highest BCUT2D eigenvalue weighted by Crippen LogP contribution is 2.32. The average Bonchev–Trinajstić information content (AvgIpc) is 3.25. The van der Waals surface area contributed by atoms with Crippen LogP contribution in [0.1, 0.15) is 19.8 Å². The van der Waals surface area contributed by atoms with Crippen molar-refractivity contribution in [3.8, 4) is 5.75 Å². The van der Waals surface area contributed by atoms with E-state index in [2.05, 4.69) is 5.32 Å². The molecule has 1 N–H and O–H groups in total. The van der Waals surface area contributed by atoms with Crippen LogP contribution in [-0.4, -0.2) is 46.7 Å². The summed E-state index contributed by atoms with van der Waals surface area (Å²) in [5.74, 6) is -0.0428. The van der Waals surface area contributed by atoms with Crippen molar-refractivity contribution in [3.63, 3.8) is 0 Å². The third-order valence-corrected chi connectivity index (χ3v) is 6.70. The van der Waals surface area contributed by atoms with Gasteiger partial charge in [-0.3, -0.25) is 9.10 Å². The number of benzene rings is 2. The van der Waals surface area contributed by atoms with Crippen LogP contribution >= 0.6 is 11.6 Å². The van der Waals surface area contributed by atoms with E-state index in [1.807, 2.05) is 6.92 Å². The van der Waals surface area contributed by atoms with Crippen LogP contribution in [0, 0.1) is 0 Å². The second-order valence-electron chi connectivity index (χ2n) is 6.81. The predicted octanol–water partition coefficient (Wildman–Crippen LogP) is 3.23. The van der Waals surface area contributed by atoms with Gasteiger partial charge in [0.15, 0.2) is 0 Å². The monoisotopic (exact) mass is 452 g/mol. The summed E-state index contributed by atoms with van der Waals surface area (Å²) in [7, 11) is -4.04.